The van der Waals surface area contributed by atoms with Crippen LogP contribution in [0.1, 0.15) is 25.8 Å². The molecular formula is C32H33N2O2P. The fourth-order valence-electron chi connectivity index (χ4n) is 4.13. The monoisotopic (exact) mass is 508 g/mol. The molecule has 0 bridgehead atoms. The summed E-state index contributed by atoms with van der Waals surface area (Å²) in [6.07, 6.45) is 2.55. The lowest BCUT2D eigenvalue weighted by molar-refractivity contribution is -0.117. The summed E-state index contributed by atoms with van der Waals surface area (Å²) < 4.78 is 5.22. The number of ether oxygens (including phenoxy) is 1. The Balaban J connectivity index is 1.65. The Morgan fingerprint density at radius 2 is 1.41 bits per heavy atom. The number of carbonyl (C=O) groups excluding carboxylic acids is 1. The number of nitrogens with one attached hydrogen (secondary N) is 1. The number of carbonyl (C=O) groups is 1. The van der Waals surface area contributed by atoms with Gasteiger partial charge >= 0.3 is 0 Å². The summed E-state index contributed by atoms with van der Waals surface area (Å²) in [5.74, 6) is 0.963. The molecule has 4 rings (SSSR count). The Kier molecular flexibility index (Phi) is 9.24. The third kappa shape index (κ3) is 7.15. The number of rotatable bonds is 10. The molecule has 1 amide bonds. The van der Waals surface area contributed by atoms with Gasteiger partial charge in [-0.3, -0.25) is 9.79 Å². The maximum Gasteiger partial charge on any atom is 0.249 e. The molecule has 0 fully saturated rings. The van der Waals surface area contributed by atoms with Gasteiger partial charge in [-0.1, -0.05) is 98.8 Å². The zero-order chi connectivity index (χ0) is 26.0. The van der Waals surface area contributed by atoms with Crippen molar-refractivity contribution in [2.24, 2.45) is 10.9 Å². The second-order valence-electron chi connectivity index (χ2n) is 9.21. The van der Waals surface area contributed by atoms with E-state index in [1.54, 1.807) is 7.11 Å². The van der Waals surface area contributed by atoms with Crippen LogP contribution >= 0.6 is 7.92 Å². The molecule has 0 saturated heterocycles. The van der Waals surface area contributed by atoms with Gasteiger partial charge < -0.3 is 10.1 Å². The minimum Gasteiger partial charge on any atom is -0.497 e. The Labute approximate surface area is 221 Å². The van der Waals surface area contributed by atoms with E-state index in [0.29, 0.717) is 12.3 Å². The zero-order valence-corrected chi connectivity index (χ0v) is 22.4. The van der Waals surface area contributed by atoms with Crippen molar-refractivity contribution in [2.45, 2.75) is 26.3 Å². The van der Waals surface area contributed by atoms with Crippen molar-refractivity contribution in [1.82, 2.24) is 0 Å². The molecule has 0 heterocycles. The van der Waals surface area contributed by atoms with E-state index in [1.807, 2.05) is 48.7 Å². The fraction of sp³-hybridized carbons (Fsp3) is 0.188. The van der Waals surface area contributed by atoms with E-state index in [2.05, 4.69) is 85.9 Å². The number of benzene rings is 4. The molecule has 37 heavy (non-hydrogen) atoms. The topological polar surface area (TPSA) is 50.7 Å². The third-order valence-electron chi connectivity index (χ3n) is 5.95. The summed E-state index contributed by atoms with van der Waals surface area (Å²) in [5.41, 5.74) is 1.76. The molecule has 0 saturated carbocycles. The Hall–Kier alpha value is -3.75. The van der Waals surface area contributed by atoms with E-state index < -0.39 is 14.0 Å². The second kappa shape index (κ2) is 13.0. The summed E-state index contributed by atoms with van der Waals surface area (Å²) in [5, 5.41) is 6.80. The minimum atomic E-state index is -0.778. The van der Waals surface area contributed by atoms with Crippen molar-refractivity contribution in [3.05, 3.63) is 115 Å². The van der Waals surface area contributed by atoms with E-state index in [9.17, 15) is 4.79 Å². The number of methoxy groups -OCH3 is 1. The van der Waals surface area contributed by atoms with Crippen molar-refractivity contribution >= 4 is 41.6 Å². The number of anilines is 1. The lowest BCUT2D eigenvalue weighted by Crippen LogP contribution is -2.28. The first-order chi connectivity index (χ1) is 18.0. The minimum absolute atomic E-state index is 0.110. The van der Waals surface area contributed by atoms with Gasteiger partial charge in [-0.05, 0) is 60.4 Å². The van der Waals surface area contributed by atoms with Crippen LogP contribution in [0.15, 0.2) is 114 Å². The highest BCUT2D eigenvalue weighted by Crippen LogP contribution is 2.33. The number of amides is 1. The summed E-state index contributed by atoms with van der Waals surface area (Å²) >= 11 is 0. The first-order valence-electron chi connectivity index (χ1n) is 12.5. The van der Waals surface area contributed by atoms with Gasteiger partial charge in [0, 0.05) is 17.5 Å². The van der Waals surface area contributed by atoms with Crippen LogP contribution in [0.4, 0.5) is 5.69 Å². The molecular weight excluding hydrogens is 475 g/mol. The van der Waals surface area contributed by atoms with E-state index in [-0.39, 0.29) is 5.91 Å². The maximum absolute atomic E-state index is 13.2. The maximum atomic E-state index is 13.2. The van der Waals surface area contributed by atoms with Gasteiger partial charge in [0.25, 0.3) is 0 Å². The Morgan fingerprint density at radius 3 is 1.97 bits per heavy atom. The van der Waals surface area contributed by atoms with Gasteiger partial charge in [-0.2, -0.15) is 0 Å². The van der Waals surface area contributed by atoms with E-state index in [4.69, 9.17) is 9.73 Å². The predicted molar refractivity (Wildman–Crippen MR) is 158 cm³/mol. The van der Waals surface area contributed by atoms with Gasteiger partial charge in [0.1, 0.15) is 11.8 Å². The van der Waals surface area contributed by atoms with Gasteiger partial charge in [0.2, 0.25) is 5.91 Å². The van der Waals surface area contributed by atoms with Crippen LogP contribution in [0.25, 0.3) is 0 Å². The van der Waals surface area contributed by atoms with Crippen molar-refractivity contribution in [1.29, 1.82) is 0 Å². The van der Waals surface area contributed by atoms with Crippen molar-refractivity contribution in [3.8, 4) is 5.75 Å². The van der Waals surface area contributed by atoms with E-state index >= 15 is 0 Å². The molecule has 4 aromatic carbocycles. The number of nitrogens with zero attached hydrogens (tertiary/aromatic N) is 1. The van der Waals surface area contributed by atoms with Crippen LogP contribution in [0.5, 0.6) is 5.75 Å². The molecule has 0 aliphatic rings. The summed E-state index contributed by atoms with van der Waals surface area (Å²) in [6, 6.07) is 36.5. The normalized spacial score (nSPS) is 12.1. The SMILES string of the molecule is COc1ccc(NC(=O)[C@H](CC(C)C)N=Cc2ccccc2P(c2ccccc2)c2ccccc2)cc1. The number of hydrogen-bond donors (Lipinski definition) is 1. The highest BCUT2D eigenvalue weighted by atomic mass is 31.1. The lowest BCUT2D eigenvalue weighted by Gasteiger charge is -2.21. The van der Waals surface area contributed by atoms with E-state index in [0.717, 1.165) is 17.0 Å². The lowest BCUT2D eigenvalue weighted by atomic mass is 10.0. The molecule has 0 aliphatic heterocycles. The molecule has 1 N–H and O–H groups in total. The average molecular weight is 509 g/mol. The van der Waals surface area contributed by atoms with Gasteiger partial charge in [-0.25, -0.2) is 0 Å². The molecule has 188 valence electrons. The molecule has 5 heteroatoms. The smallest absolute Gasteiger partial charge is 0.249 e. The van der Waals surface area contributed by atoms with Gasteiger partial charge in [0.05, 0.1) is 7.11 Å². The van der Waals surface area contributed by atoms with E-state index in [1.165, 1.54) is 15.9 Å². The van der Waals surface area contributed by atoms with Crippen LogP contribution in [0.2, 0.25) is 0 Å². The standard InChI is InChI=1S/C32H33N2O2P/c1-24(2)22-30(32(35)34-26-18-20-27(36-3)21-19-26)33-23-25-12-10-11-17-31(25)37(28-13-6-4-7-14-28)29-15-8-5-9-16-29/h4-21,23-24,30H,22H2,1-3H3,(H,34,35)/t30-/m0/s1. The quantitative estimate of drug-likeness (QED) is 0.213. The van der Waals surface area contributed by atoms with Crippen LogP contribution in [0, 0.1) is 5.92 Å². The molecule has 1 atom stereocenters. The second-order valence-corrected chi connectivity index (χ2v) is 11.4. The fourth-order valence-corrected chi connectivity index (χ4v) is 6.55. The van der Waals surface area contributed by atoms with Gasteiger partial charge in [-0.15, -0.1) is 0 Å². The largest absolute Gasteiger partial charge is 0.497 e. The molecule has 0 spiro atoms. The first kappa shape index (κ1) is 26.3. The number of aliphatic imine (C=N–C) groups is 1. The molecule has 0 unspecified atom stereocenters. The van der Waals surface area contributed by atoms with Crippen LogP contribution in [-0.4, -0.2) is 25.3 Å². The van der Waals surface area contributed by atoms with Crippen molar-refractivity contribution < 1.29 is 9.53 Å². The van der Waals surface area contributed by atoms with Crippen LogP contribution in [-0.2, 0) is 4.79 Å². The predicted octanol–water partition coefficient (Wildman–Crippen LogP) is 5.93. The van der Waals surface area contributed by atoms with Gasteiger partial charge in [0.15, 0.2) is 0 Å². The molecule has 0 radical (unpaired) electrons. The molecule has 0 aromatic heterocycles. The van der Waals surface area contributed by atoms with Crippen molar-refractivity contribution in [3.63, 3.8) is 0 Å². The van der Waals surface area contributed by atoms with Crippen LogP contribution < -0.4 is 26.0 Å². The highest BCUT2D eigenvalue weighted by molar-refractivity contribution is 7.80. The van der Waals surface area contributed by atoms with Crippen LogP contribution in [0.3, 0.4) is 0 Å². The Morgan fingerprint density at radius 1 is 0.838 bits per heavy atom. The summed E-state index contributed by atoms with van der Waals surface area (Å²) in [4.78, 5) is 18.1. The summed E-state index contributed by atoms with van der Waals surface area (Å²) in [7, 11) is 0.847. The zero-order valence-electron chi connectivity index (χ0n) is 21.5. The Bertz CT molecular complexity index is 1270. The number of hydrogen-bond acceptors (Lipinski definition) is 3. The third-order valence-corrected chi connectivity index (χ3v) is 8.47. The first-order valence-corrected chi connectivity index (χ1v) is 13.9. The average Bonchev–Trinajstić information content (AvgIpc) is 2.93. The van der Waals surface area contributed by atoms with Crippen molar-refractivity contribution in [2.75, 3.05) is 12.4 Å². The molecule has 4 nitrogen and oxygen atoms in total. The molecule has 4 aromatic rings. The summed E-state index contributed by atoms with van der Waals surface area (Å²) in [6.45, 7) is 4.22. The molecule has 0 aliphatic carbocycles. The highest BCUT2D eigenvalue weighted by Gasteiger charge is 2.21.